The average molecular weight is 503 g/mol. The first-order valence-corrected chi connectivity index (χ1v) is 12.3. The average Bonchev–Trinajstić information content (AvgIpc) is 3.53. The number of pyridine rings is 2. The number of anilines is 1. The molecule has 184 valence electrons. The van der Waals surface area contributed by atoms with Crippen molar-refractivity contribution in [3.63, 3.8) is 0 Å². The van der Waals surface area contributed by atoms with E-state index in [1.54, 1.807) is 6.20 Å². The normalized spacial score (nSPS) is 15.3. The highest BCUT2D eigenvalue weighted by molar-refractivity contribution is 7.08. The summed E-state index contributed by atoms with van der Waals surface area (Å²) in [6.45, 7) is 7.42. The van der Waals surface area contributed by atoms with Crippen molar-refractivity contribution in [2.75, 3.05) is 44.2 Å². The van der Waals surface area contributed by atoms with Crippen LogP contribution < -0.4 is 10.2 Å². The quantitative estimate of drug-likeness (QED) is 0.371. The zero-order valence-electron chi connectivity index (χ0n) is 19.2. The number of thiophene rings is 1. The maximum Gasteiger partial charge on any atom is 0.433 e. The number of rotatable bonds is 7. The molecule has 1 saturated heterocycles. The number of aryl methyl sites for hydroxylation is 1. The van der Waals surface area contributed by atoms with Crippen LogP contribution in [-0.2, 0) is 12.7 Å². The molecule has 1 aliphatic heterocycles. The van der Waals surface area contributed by atoms with Crippen LogP contribution in [0.2, 0.25) is 0 Å². The van der Waals surface area contributed by atoms with Gasteiger partial charge in [0, 0.05) is 69.0 Å². The summed E-state index contributed by atoms with van der Waals surface area (Å²) < 4.78 is 45.3. The predicted octanol–water partition coefficient (Wildman–Crippen LogP) is 4.59. The second kappa shape index (κ2) is 9.92. The summed E-state index contributed by atoms with van der Waals surface area (Å²) in [7, 11) is 0. The number of halogens is 3. The highest BCUT2D eigenvalue weighted by atomic mass is 32.1. The molecule has 11 heteroatoms. The van der Waals surface area contributed by atoms with Gasteiger partial charge in [0.2, 0.25) is 0 Å². The van der Waals surface area contributed by atoms with Crippen LogP contribution >= 0.6 is 11.3 Å². The Morgan fingerprint density at radius 1 is 1.14 bits per heavy atom. The molecule has 0 unspecified atom stereocenters. The van der Waals surface area contributed by atoms with Crippen LogP contribution in [0, 0.1) is 6.92 Å². The standard InChI is InChI=1S/C24H25F3N6OS/c1-16-12-18(31-34-16)13-28-5-6-32-7-9-33(10-8-32)23-19-2-3-21(24(25,26)27)30-22(19)20(14-29-23)17-4-11-35-15-17/h2-4,11-12,14-15,28H,5-10,13H2,1H3. The lowest BCUT2D eigenvalue weighted by Crippen LogP contribution is -2.48. The molecular formula is C24H25F3N6OS. The van der Waals surface area contributed by atoms with Gasteiger partial charge in [-0.1, -0.05) is 5.16 Å². The first kappa shape index (κ1) is 23.7. The molecule has 7 nitrogen and oxygen atoms in total. The minimum atomic E-state index is -4.50. The van der Waals surface area contributed by atoms with E-state index in [4.69, 9.17) is 4.52 Å². The first-order valence-electron chi connectivity index (χ1n) is 11.4. The summed E-state index contributed by atoms with van der Waals surface area (Å²) in [5, 5.41) is 11.8. The maximum absolute atomic E-state index is 13.4. The highest BCUT2D eigenvalue weighted by Crippen LogP contribution is 2.36. The molecule has 0 atom stereocenters. The van der Waals surface area contributed by atoms with E-state index in [0.29, 0.717) is 28.8 Å². The Morgan fingerprint density at radius 2 is 1.97 bits per heavy atom. The lowest BCUT2D eigenvalue weighted by Gasteiger charge is -2.36. The van der Waals surface area contributed by atoms with Crippen LogP contribution in [0.4, 0.5) is 19.0 Å². The van der Waals surface area contributed by atoms with Crippen molar-refractivity contribution in [3.8, 4) is 11.1 Å². The lowest BCUT2D eigenvalue weighted by molar-refractivity contribution is -0.140. The summed E-state index contributed by atoms with van der Waals surface area (Å²) in [5.41, 5.74) is 1.76. The second-order valence-corrected chi connectivity index (χ2v) is 9.31. The number of piperazine rings is 1. The van der Waals surface area contributed by atoms with Gasteiger partial charge in [0.1, 0.15) is 17.3 Å². The van der Waals surface area contributed by atoms with Crippen molar-refractivity contribution in [3.05, 3.63) is 58.4 Å². The fourth-order valence-corrected chi connectivity index (χ4v) is 4.93. The number of nitrogens with one attached hydrogen (secondary N) is 1. The molecule has 0 saturated carbocycles. The van der Waals surface area contributed by atoms with Gasteiger partial charge in [-0.05, 0) is 41.4 Å². The zero-order valence-corrected chi connectivity index (χ0v) is 20.0. The molecule has 4 aromatic rings. The monoisotopic (exact) mass is 502 g/mol. The van der Waals surface area contributed by atoms with E-state index in [-0.39, 0.29) is 0 Å². The Bertz CT molecular complexity index is 1280. The molecule has 5 rings (SSSR count). The lowest BCUT2D eigenvalue weighted by atomic mass is 10.1. The Hall–Kier alpha value is -3.02. The van der Waals surface area contributed by atoms with Crippen molar-refractivity contribution >= 4 is 28.1 Å². The molecule has 1 N–H and O–H groups in total. The Balaban J connectivity index is 1.28. The fourth-order valence-electron chi connectivity index (χ4n) is 4.28. The van der Waals surface area contributed by atoms with Gasteiger partial charge in [-0.15, -0.1) is 0 Å². The van der Waals surface area contributed by atoms with E-state index in [0.717, 1.165) is 62.4 Å². The number of aromatic nitrogens is 3. The van der Waals surface area contributed by atoms with E-state index in [1.165, 1.54) is 17.4 Å². The third-order valence-electron chi connectivity index (χ3n) is 6.09. The van der Waals surface area contributed by atoms with E-state index < -0.39 is 11.9 Å². The van der Waals surface area contributed by atoms with Crippen LogP contribution in [0.5, 0.6) is 0 Å². The molecule has 0 bridgehead atoms. The molecular weight excluding hydrogens is 477 g/mol. The number of hydrogen-bond acceptors (Lipinski definition) is 8. The molecule has 1 aliphatic rings. The van der Waals surface area contributed by atoms with Crippen molar-refractivity contribution < 1.29 is 17.7 Å². The molecule has 1 fully saturated rings. The van der Waals surface area contributed by atoms with Gasteiger partial charge >= 0.3 is 6.18 Å². The van der Waals surface area contributed by atoms with Crippen LogP contribution in [0.15, 0.2) is 45.7 Å². The Labute approximate surface area is 204 Å². The van der Waals surface area contributed by atoms with E-state index in [2.05, 4.69) is 30.2 Å². The van der Waals surface area contributed by atoms with Gasteiger partial charge < -0.3 is 14.7 Å². The summed E-state index contributed by atoms with van der Waals surface area (Å²) in [6.07, 6.45) is -2.86. The first-order chi connectivity index (χ1) is 16.9. The second-order valence-electron chi connectivity index (χ2n) is 8.53. The van der Waals surface area contributed by atoms with Crippen LogP contribution in [0.3, 0.4) is 0 Å². The number of alkyl halides is 3. The zero-order chi connectivity index (χ0) is 24.4. The summed E-state index contributed by atoms with van der Waals surface area (Å²) in [4.78, 5) is 13.2. The minimum Gasteiger partial charge on any atom is -0.361 e. The van der Waals surface area contributed by atoms with Gasteiger partial charge in [-0.2, -0.15) is 24.5 Å². The van der Waals surface area contributed by atoms with Crippen molar-refractivity contribution in [1.82, 2.24) is 25.3 Å². The molecule has 0 aliphatic carbocycles. The molecule has 5 heterocycles. The number of nitrogens with zero attached hydrogens (tertiary/aromatic N) is 5. The van der Waals surface area contributed by atoms with Gasteiger partial charge in [0.05, 0.1) is 11.2 Å². The Kier molecular flexibility index (Phi) is 6.72. The van der Waals surface area contributed by atoms with Crippen molar-refractivity contribution in [2.45, 2.75) is 19.6 Å². The third-order valence-corrected chi connectivity index (χ3v) is 6.77. The summed E-state index contributed by atoms with van der Waals surface area (Å²) in [6, 6.07) is 6.34. The van der Waals surface area contributed by atoms with Gasteiger partial charge in [0.15, 0.2) is 0 Å². The largest absolute Gasteiger partial charge is 0.433 e. The van der Waals surface area contributed by atoms with E-state index in [9.17, 15) is 13.2 Å². The highest BCUT2D eigenvalue weighted by Gasteiger charge is 2.33. The van der Waals surface area contributed by atoms with Crippen molar-refractivity contribution in [2.24, 2.45) is 0 Å². The van der Waals surface area contributed by atoms with E-state index >= 15 is 0 Å². The fraction of sp³-hybridized carbons (Fsp3) is 0.375. The third kappa shape index (κ3) is 5.31. The molecule has 0 aromatic carbocycles. The summed E-state index contributed by atoms with van der Waals surface area (Å²) in [5.74, 6) is 1.48. The molecule has 0 amide bonds. The SMILES string of the molecule is Cc1cc(CNCCN2CCN(c3ncc(-c4ccsc4)c4nc(C(F)(F)F)ccc34)CC2)no1. The molecule has 35 heavy (non-hydrogen) atoms. The smallest absolute Gasteiger partial charge is 0.361 e. The van der Waals surface area contributed by atoms with Crippen LogP contribution in [0.1, 0.15) is 17.1 Å². The summed E-state index contributed by atoms with van der Waals surface area (Å²) >= 11 is 1.49. The molecule has 0 radical (unpaired) electrons. The van der Waals surface area contributed by atoms with E-state index in [1.807, 2.05) is 29.8 Å². The number of hydrogen-bond donors (Lipinski definition) is 1. The Morgan fingerprint density at radius 3 is 2.66 bits per heavy atom. The minimum absolute atomic E-state index is 0.331. The van der Waals surface area contributed by atoms with Gasteiger partial charge in [0.25, 0.3) is 0 Å². The predicted molar refractivity (Wildman–Crippen MR) is 129 cm³/mol. The van der Waals surface area contributed by atoms with Crippen LogP contribution in [0.25, 0.3) is 22.0 Å². The van der Waals surface area contributed by atoms with Gasteiger partial charge in [-0.25, -0.2) is 9.97 Å². The molecule has 0 spiro atoms. The molecule has 4 aromatic heterocycles. The number of fused-ring (bicyclic) bond motifs is 1. The topological polar surface area (TPSA) is 70.3 Å². The maximum atomic E-state index is 13.4. The van der Waals surface area contributed by atoms with Crippen molar-refractivity contribution in [1.29, 1.82) is 0 Å². The van der Waals surface area contributed by atoms with Gasteiger partial charge in [-0.3, -0.25) is 4.90 Å². The van der Waals surface area contributed by atoms with Crippen LogP contribution in [-0.4, -0.2) is 59.3 Å².